The third-order valence-electron chi connectivity index (χ3n) is 3.96. The number of nitriles is 1. The highest BCUT2D eigenvalue weighted by molar-refractivity contribution is 5.86. The van der Waals surface area contributed by atoms with Crippen molar-refractivity contribution >= 4 is 5.91 Å². The molecule has 1 N–H and O–H groups in total. The summed E-state index contributed by atoms with van der Waals surface area (Å²) in [5, 5.41) is 12.0. The molecule has 0 aromatic heterocycles. The lowest BCUT2D eigenvalue weighted by Crippen LogP contribution is -2.64. The van der Waals surface area contributed by atoms with Gasteiger partial charge in [0.05, 0.1) is 17.5 Å². The minimum Gasteiger partial charge on any atom is -0.353 e. The molecule has 1 amide bonds. The molecule has 0 bridgehead atoms. The Hall–Kier alpha value is -1.08. The molecule has 0 aromatic rings. The largest absolute Gasteiger partial charge is 0.353 e. The summed E-state index contributed by atoms with van der Waals surface area (Å²) in [4.78, 5) is 14.1. The van der Waals surface area contributed by atoms with Crippen molar-refractivity contribution in [1.29, 1.82) is 5.26 Å². The number of rotatable bonds is 1. The van der Waals surface area contributed by atoms with Gasteiger partial charge in [0.15, 0.2) is 0 Å². The van der Waals surface area contributed by atoms with Gasteiger partial charge in [-0.25, -0.2) is 0 Å². The molecule has 2 rings (SSSR count). The zero-order chi connectivity index (χ0) is 11.8. The van der Waals surface area contributed by atoms with Crippen LogP contribution in [0, 0.1) is 17.2 Å². The van der Waals surface area contributed by atoms with Crippen molar-refractivity contribution < 1.29 is 4.79 Å². The molecule has 0 radical (unpaired) electrons. The molecule has 2 aliphatic rings. The molecular weight excluding hydrogens is 202 g/mol. The third-order valence-corrected chi connectivity index (χ3v) is 3.96. The van der Waals surface area contributed by atoms with E-state index in [0.717, 1.165) is 25.8 Å². The highest BCUT2D eigenvalue weighted by Gasteiger charge is 2.44. The van der Waals surface area contributed by atoms with Crippen LogP contribution in [0.1, 0.15) is 33.1 Å². The van der Waals surface area contributed by atoms with Crippen LogP contribution in [0.25, 0.3) is 0 Å². The summed E-state index contributed by atoms with van der Waals surface area (Å²) in [5.41, 5.74) is -0.470. The predicted molar refractivity (Wildman–Crippen MR) is 60.5 cm³/mol. The molecule has 1 aliphatic carbocycles. The van der Waals surface area contributed by atoms with Crippen molar-refractivity contribution in [3.63, 3.8) is 0 Å². The minimum atomic E-state index is -0.470. The summed E-state index contributed by atoms with van der Waals surface area (Å²) in [6.45, 7) is 5.47. The van der Waals surface area contributed by atoms with E-state index in [0.29, 0.717) is 6.54 Å². The molecule has 1 aliphatic heterocycles. The van der Waals surface area contributed by atoms with Crippen LogP contribution in [-0.4, -0.2) is 35.5 Å². The fourth-order valence-electron chi connectivity index (χ4n) is 2.96. The molecule has 2 unspecified atom stereocenters. The first-order chi connectivity index (χ1) is 7.57. The normalized spacial score (nSPS) is 34.4. The van der Waals surface area contributed by atoms with E-state index < -0.39 is 5.54 Å². The lowest BCUT2D eigenvalue weighted by Gasteiger charge is -2.45. The molecule has 0 spiro atoms. The Kier molecular flexibility index (Phi) is 2.90. The van der Waals surface area contributed by atoms with E-state index in [1.807, 2.05) is 13.8 Å². The summed E-state index contributed by atoms with van der Waals surface area (Å²) >= 11 is 0. The van der Waals surface area contributed by atoms with Gasteiger partial charge in [0.25, 0.3) is 0 Å². The van der Waals surface area contributed by atoms with Gasteiger partial charge in [0.2, 0.25) is 5.91 Å². The van der Waals surface area contributed by atoms with Crippen molar-refractivity contribution in [3.05, 3.63) is 0 Å². The lowest BCUT2D eigenvalue weighted by molar-refractivity contribution is -0.137. The van der Waals surface area contributed by atoms with Gasteiger partial charge in [-0.3, -0.25) is 9.69 Å². The molecule has 16 heavy (non-hydrogen) atoms. The number of carbonyl (C=O) groups excluding carboxylic acids is 1. The highest BCUT2D eigenvalue weighted by atomic mass is 16.2. The summed E-state index contributed by atoms with van der Waals surface area (Å²) in [7, 11) is 0. The number of hydrogen-bond acceptors (Lipinski definition) is 3. The van der Waals surface area contributed by atoms with E-state index in [-0.39, 0.29) is 17.9 Å². The zero-order valence-electron chi connectivity index (χ0n) is 9.99. The van der Waals surface area contributed by atoms with Crippen LogP contribution in [0.2, 0.25) is 0 Å². The summed E-state index contributed by atoms with van der Waals surface area (Å²) in [6.07, 6.45) is 3.14. The van der Waals surface area contributed by atoms with Gasteiger partial charge in [-0.1, -0.05) is 6.42 Å². The minimum absolute atomic E-state index is 0.0855. The van der Waals surface area contributed by atoms with Crippen LogP contribution in [0.3, 0.4) is 0 Å². The second-order valence-corrected chi connectivity index (χ2v) is 5.24. The second kappa shape index (κ2) is 4.06. The zero-order valence-corrected chi connectivity index (χ0v) is 9.99. The molecule has 1 saturated carbocycles. The third kappa shape index (κ3) is 1.69. The van der Waals surface area contributed by atoms with Crippen molar-refractivity contribution in [2.24, 2.45) is 5.92 Å². The van der Waals surface area contributed by atoms with Crippen LogP contribution in [0.15, 0.2) is 0 Å². The van der Waals surface area contributed by atoms with E-state index >= 15 is 0 Å². The average molecular weight is 221 g/mol. The maximum atomic E-state index is 11.8. The van der Waals surface area contributed by atoms with Crippen LogP contribution in [0.4, 0.5) is 0 Å². The van der Waals surface area contributed by atoms with Crippen LogP contribution >= 0.6 is 0 Å². The monoisotopic (exact) mass is 221 g/mol. The Morgan fingerprint density at radius 2 is 2.25 bits per heavy atom. The number of nitrogens with one attached hydrogen (secondary N) is 1. The van der Waals surface area contributed by atoms with E-state index in [1.165, 1.54) is 0 Å². The number of piperazine rings is 1. The fraction of sp³-hybridized carbons (Fsp3) is 0.833. The molecule has 1 saturated heterocycles. The van der Waals surface area contributed by atoms with Crippen molar-refractivity contribution in [2.45, 2.75) is 44.7 Å². The predicted octanol–water partition coefficient (Wildman–Crippen LogP) is 0.889. The first kappa shape index (κ1) is 11.4. The average Bonchev–Trinajstić information content (AvgIpc) is 2.69. The molecule has 2 fully saturated rings. The molecule has 4 heteroatoms. The molecule has 2 atom stereocenters. The second-order valence-electron chi connectivity index (χ2n) is 5.24. The molecule has 1 heterocycles. The van der Waals surface area contributed by atoms with Gasteiger partial charge < -0.3 is 5.32 Å². The Balaban J connectivity index is 2.19. The smallest absolute Gasteiger partial charge is 0.240 e. The molecule has 4 nitrogen and oxygen atoms in total. The number of nitrogens with zero attached hydrogens (tertiary/aromatic N) is 2. The maximum absolute atomic E-state index is 11.8. The SMILES string of the molecule is CC1(C)C(=O)NCCN1C1CCCC1C#N. The van der Waals surface area contributed by atoms with E-state index in [1.54, 1.807) is 0 Å². The molecule has 88 valence electrons. The standard InChI is InChI=1S/C12H19N3O/c1-12(2)11(16)14-6-7-15(12)10-5-3-4-9(10)8-13/h9-10H,3-7H2,1-2H3,(H,14,16). The lowest BCUT2D eigenvalue weighted by atomic mass is 9.92. The van der Waals surface area contributed by atoms with Gasteiger partial charge in [-0.2, -0.15) is 5.26 Å². The van der Waals surface area contributed by atoms with Crippen molar-refractivity contribution in [3.8, 4) is 6.07 Å². The number of carbonyl (C=O) groups is 1. The first-order valence-corrected chi connectivity index (χ1v) is 6.02. The van der Waals surface area contributed by atoms with Crippen LogP contribution in [-0.2, 0) is 4.79 Å². The van der Waals surface area contributed by atoms with Crippen LogP contribution in [0.5, 0.6) is 0 Å². The van der Waals surface area contributed by atoms with Crippen molar-refractivity contribution in [1.82, 2.24) is 10.2 Å². The summed E-state index contributed by atoms with van der Waals surface area (Å²) in [5.74, 6) is 0.188. The van der Waals surface area contributed by atoms with Gasteiger partial charge in [-0.05, 0) is 26.7 Å². The number of amides is 1. The van der Waals surface area contributed by atoms with Gasteiger partial charge in [0, 0.05) is 19.1 Å². The van der Waals surface area contributed by atoms with E-state index in [9.17, 15) is 4.79 Å². The first-order valence-electron chi connectivity index (χ1n) is 6.02. The van der Waals surface area contributed by atoms with E-state index in [4.69, 9.17) is 5.26 Å². The molecular formula is C12H19N3O. The van der Waals surface area contributed by atoms with Crippen LogP contribution < -0.4 is 5.32 Å². The van der Waals surface area contributed by atoms with Crippen molar-refractivity contribution in [2.75, 3.05) is 13.1 Å². The van der Waals surface area contributed by atoms with Gasteiger partial charge >= 0.3 is 0 Å². The Morgan fingerprint density at radius 3 is 2.94 bits per heavy atom. The Labute approximate surface area is 96.6 Å². The maximum Gasteiger partial charge on any atom is 0.240 e. The topological polar surface area (TPSA) is 56.1 Å². The summed E-state index contributed by atoms with van der Waals surface area (Å²) in [6, 6.07) is 2.66. The Bertz CT molecular complexity index is 332. The Morgan fingerprint density at radius 1 is 1.50 bits per heavy atom. The summed E-state index contributed by atoms with van der Waals surface area (Å²) < 4.78 is 0. The fourth-order valence-corrected chi connectivity index (χ4v) is 2.96. The number of hydrogen-bond donors (Lipinski definition) is 1. The highest BCUT2D eigenvalue weighted by Crippen LogP contribution is 2.34. The van der Waals surface area contributed by atoms with Gasteiger partial charge in [0.1, 0.15) is 0 Å². The van der Waals surface area contributed by atoms with Gasteiger partial charge in [-0.15, -0.1) is 0 Å². The quantitative estimate of drug-likeness (QED) is 0.715. The molecule has 0 aromatic carbocycles. The van der Waals surface area contributed by atoms with E-state index in [2.05, 4.69) is 16.3 Å².